The molecule has 0 aromatic heterocycles. The van der Waals surface area contributed by atoms with Gasteiger partial charge in [0.15, 0.2) is 11.5 Å². The molecule has 1 aliphatic heterocycles. The lowest BCUT2D eigenvalue weighted by atomic mass is 10.1. The fraction of sp³-hybridized carbons (Fsp3) is 0.172. The zero-order valence-electron chi connectivity index (χ0n) is 22.8. The second-order valence-electron chi connectivity index (χ2n) is 8.82. The second-order valence-corrected chi connectivity index (χ2v) is 10.2. The van der Waals surface area contributed by atoms with Gasteiger partial charge < -0.3 is 19.5 Å². The van der Waals surface area contributed by atoms with Crippen LogP contribution in [0.2, 0.25) is 5.02 Å². The second kappa shape index (κ2) is 13.9. The van der Waals surface area contributed by atoms with Gasteiger partial charge >= 0.3 is 5.97 Å². The maximum atomic E-state index is 13.0. The molecule has 0 bridgehead atoms. The summed E-state index contributed by atoms with van der Waals surface area (Å²) < 4.78 is 16.2. The SMILES string of the molecule is CCOc1cc(/C=C2/SC(=O)N(CC(=O)Nc3ccc(Cl)c(C(=O)OC)c3)C2=O)ccc1OCc1ccccc1[N+](=O)[O-]. The van der Waals surface area contributed by atoms with E-state index in [0.29, 0.717) is 41.0 Å². The number of para-hydroxylation sites is 1. The van der Waals surface area contributed by atoms with Crippen LogP contribution < -0.4 is 14.8 Å². The van der Waals surface area contributed by atoms with Crippen LogP contribution in [0.15, 0.2) is 65.6 Å². The molecule has 43 heavy (non-hydrogen) atoms. The molecule has 1 saturated heterocycles. The van der Waals surface area contributed by atoms with Crippen LogP contribution in [0.3, 0.4) is 0 Å². The average molecular weight is 626 g/mol. The summed E-state index contributed by atoms with van der Waals surface area (Å²) in [7, 11) is 1.19. The minimum Gasteiger partial charge on any atom is -0.490 e. The molecule has 14 heteroatoms. The van der Waals surface area contributed by atoms with E-state index in [1.165, 1.54) is 37.5 Å². The van der Waals surface area contributed by atoms with Gasteiger partial charge in [0.2, 0.25) is 5.91 Å². The Hall–Kier alpha value is -4.88. The third-order valence-corrected chi connectivity index (χ3v) is 7.20. The number of rotatable bonds is 11. The number of nitrogens with zero attached hydrogens (tertiary/aromatic N) is 2. The number of nitrogens with one attached hydrogen (secondary N) is 1. The van der Waals surface area contributed by atoms with E-state index in [-0.39, 0.29) is 33.5 Å². The van der Waals surface area contributed by atoms with Crippen LogP contribution in [0.1, 0.15) is 28.4 Å². The Labute approximate surface area is 254 Å². The number of esters is 1. The van der Waals surface area contributed by atoms with E-state index in [1.54, 1.807) is 43.3 Å². The van der Waals surface area contributed by atoms with Crippen molar-refractivity contribution in [1.82, 2.24) is 4.90 Å². The fourth-order valence-electron chi connectivity index (χ4n) is 3.97. The highest BCUT2D eigenvalue weighted by Gasteiger charge is 2.36. The number of carbonyl (C=O) groups is 4. The van der Waals surface area contributed by atoms with Crippen LogP contribution in [0.5, 0.6) is 11.5 Å². The summed E-state index contributed by atoms with van der Waals surface area (Å²) in [5.74, 6) is -1.35. The van der Waals surface area contributed by atoms with Gasteiger partial charge in [-0.2, -0.15) is 0 Å². The van der Waals surface area contributed by atoms with Crippen molar-refractivity contribution in [3.05, 3.63) is 97.4 Å². The van der Waals surface area contributed by atoms with Crippen molar-refractivity contribution in [2.45, 2.75) is 13.5 Å². The summed E-state index contributed by atoms with van der Waals surface area (Å²) in [6, 6.07) is 15.3. The molecule has 0 unspecified atom stereocenters. The van der Waals surface area contributed by atoms with Crippen molar-refractivity contribution >= 4 is 63.8 Å². The predicted molar refractivity (Wildman–Crippen MR) is 159 cm³/mol. The fourth-order valence-corrected chi connectivity index (χ4v) is 5.00. The molecule has 1 N–H and O–H groups in total. The summed E-state index contributed by atoms with van der Waals surface area (Å²) in [5, 5.41) is 13.3. The van der Waals surface area contributed by atoms with Gasteiger partial charge in [0, 0.05) is 11.8 Å². The smallest absolute Gasteiger partial charge is 0.339 e. The standard InChI is InChI=1S/C29H24ClN3O9S/c1-3-41-24-12-17(8-11-23(24)42-16-18-6-4-5-7-22(18)33(38)39)13-25-27(35)32(29(37)43-25)15-26(34)31-19-9-10-21(30)20(14-19)28(36)40-2/h4-14H,3,15-16H2,1-2H3,(H,31,34)/b25-13+. The van der Waals surface area contributed by atoms with Crippen LogP contribution in [0.4, 0.5) is 16.2 Å². The molecule has 0 atom stereocenters. The minimum atomic E-state index is -0.690. The molecule has 3 aromatic rings. The summed E-state index contributed by atoms with van der Waals surface area (Å²) in [4.78, 5) is 61.8. The first-order valence-electron chi connectivity index (χ1n) is 12.7. The number of imide groups is 1. The number of hydrogen-bond donors (Lipinski definition) is 1. The van der Waals surface area contributed by atoms with E-state index < -0.39 is 34.5 Å². The molecule has 3 aromatic carbocycles. The molecule has 3 amide bonds. The maximum Gasteiger partial charge on any atom is 0.339 e. The minimum absolute atomic E-state index is 0.0419. The normalized spacial score (nSPS) is 13.7. The predicted octanol–water partition coefficient (Wildman–Crippen LogP) is 5.69. The summed E-state index contributed by atoms with van der Waals surface area (Å²) in [5.41, 5.74) is 1.11. The zero-order chi connectivity index (χ0) is 31.1. The molecular formula is C29H24ClN3O9S. The first-order valence-corrected chi connectivity index (χ1v) is 13.9. The van der Waals surface area contributed by atoms with Crippen molar-refractivity contribution in [3.63, 3.8) is 0 Å². The number of halogens is 1. The van der Waals surface area contributed by atoms with Gasteiger partial charge in [-0.1, -0.05) is 29.8 Å². The Morgan fingerprint density at radius 2 is 1.84 bits per heavy atom. The van der Waals surface area contributed by atoms with Crippen LogP contribution in [0.25, 0.3) is 6.08 Å². The number of nitro groups is 1. The van der Waals surface area contributed by atoms with Crippen LogP contribution in [-0.4, -0.2) is 53.1 Å². The number of methoxy groups -OCH3 is 1. The third-order valence-electron chi connectivity index (χ3n) is 5.97. The van der Waals surface area contributed by atoms with E-state index >= 15 is 0 Å². The van der Waals surface area contributed by atoms with Crippen molar-refractivity contribution < 1.29 is 38.3 Å². The molecule has 4 rings (SSSR count). The highest BCUT2D eigenvalue weighted by atomic mass is 35.5. The van der Waals surface area contributed by atoms with Gasteiger partial charge in [-0.25, -0.2) is 4.79 Å². The molecule has 1 heterocycles. The molecule has 1 fully saturated rings. The number of carbonyl (C=O) groups excluding carboxylic acids is 4. The number of thioether (sulfide) groups is 1. The van der Waals surface area contributed by atoms with E-state index in [4.69, 9.17) is 21.1 Å². The number of anilines is 1. The Bertz CT molecular complexity index is 1640. The van der Waals surface area contributed by atoms with Crippen molar-refractivity contribution in [2.75, 3.05) is 25.6 Å². The highest BCUT2D eigenvalue weighted by molar-refractivity contribution is 8.18. The molecule has 0 radical (unpaired) electrons. The average Bonchev–Trinajstić information content (AvgIpc) is 3.24. The number of hydrogen-bond acceptors (Lipinski definition) is 10. The van der Waals surface area contributed by atoms with Gasteiger partial charge in [0.25, 0.3) is 16.8 Å². The van der Waals surface area contributed by atoms with Gasteiger partial charge in [-0.05, 0) is 66.7 Å². The number of amides is 3. The number of ether oxygens (including phenoxy) is 3. The first kappa shape index (κ1) is 31.1. The summed E-state index contributed by atoms with van der Waals surface area (Å²) >= 11 is 6.68. The quantitative estimate of drug-likeness (QED) is 0.122. The maximum absolute atomic E-state index is 13.0. The summed E-state index contributed by atoms with van der Waals surface area (Å²) in [6.45, 7) is 1.44. The lowest BCUT2D eigenvalue weighted by molar-refractivity contribution is -0.385. The van der Waals surface area contributed by atoms with Crippen LogP contribution in [-0.2, 0) is 20.9 Å². The van der Waals surface area contributed by atoms with Gasteiger partial charge in [0.05, 0.1) is 39.7 Å². The molecule has 0 spiro atoms. The third kappa shape index (κ3) is 7.50. The van der Waals surface area contributed by atoms with Gasteiger partial charge in [-0.15, -0.1) is 0 Å². The van der Waals surface area contributed by atoms with E-state index in [9.17, 15) is 29.3 Å². The van der Waals surface area contributed by atoms with Crippen LogP contribution >= 0.6 is 23.4 Å². The topological polar surface area (TPSA) is 154 Å². The molecule has 12 nitrogen and oxygen atoms in total. The molecular weight excluding hydrogens is 602 g/mol. The number of nitro benzene ring substituents is 1. The Morgan fingerprint density at radius 1 is 1.07 bits per heavy atom. The van der Waals surface area contributed by atoms with Crippen LogP contribution in [0, 0.1) is 10.1 Å². The van der Waals surface area contributed by atoms with Gasteiger partial charge in [-0.3, -0.25) is 29.4 Å². The monoisotopic (exact) mass is 625 g/mol. The van der Waals surface area contributed by atoms with Crippen molar-refractivity contribution in [2.24, 2.45) is 0 Å². The molecule has 0 saturated carbocycles. The number of benzene rings is 3. The lowest BCUT2D eigenvalue weighted by Gasteiger charge is -2.13. The molecule has 1 aliphatic rings. The highest BCUT2D eigenvalue weighted by Crippen LogP contribution is 2.35. The molecule has 222 valence electrons. The largest absolute Gasteiger partial charge is 0.490 e. The Morgan fingerprint density at radius 3 is 2.56 bits per heavy atom. The molecule has 0 aliphatic carbocycles. The first-order chi connectivity index (χ1) is 20.6. The lowest BCUT2D eigenvalue weighted by Crippen LogP contribution is -2.36. The van der Waals surface area contributed by atoms with Gasteiger partial charge in [0.1, 0.15) is 13.2 Å². The Kier molecular flexibility index (Phi) is 10.0. The van der Waals surface area contributed by atoms with E-state index in [0.717, 1.165) is 4.90 Å². The Balaban J connectivity index is 1.45. The van der Waals surface area contributed by atoms with E-state index in [2.05, 4.69) is 10.1 Å². The van der Waals surface area contributed by atoms with Crippen molar-refractivity contribution in [1.29, 1.82) is 0 Å². The summed E-state index contributed by atoms with van der Waals surface area (Å²) in [6.07, 6.45) is 1.49. The van der Waals surface area contributed by atoms with Crippen molar-refractivity contribution in [3.8, 4) is 11.5 Å². The zero-order valence-corrected chi connectivity index (χ0v) is 24.4. The van der Waals surface area contributed by atoms with E-state index in [1.807, 2.05) is 0 Å².